The van der Waals surface area contributed by atoms with Gasteiger partial charge in [0, 0.05) is 6.42 Å². The van der Waals surface area contributed by atoms with E-state index in [0.29, 0.717) is 12.8 Å². The summed E-state index contributed by atoms with van der Waals surface area (Å²) in [5.41, 5.74) is 5.24. The van der Waals surface area contributed by atoms with Crippen molar-refractivity contribution in [1.29, 1.82) is 0 Å². The van der Waals surface area contributed by atoms with E-state index >= 15 is 0 Å². The van der Waals surface area contributed by atoms with Crippen molar-refractivity contribution in [2.24, 2.45) is 5.73 Å². The first-order valence-corrected chi connectivity index (χ1v) is 6.20. The number of esters is 1. The summed E-state index contributed by atoms with van der Waals surface area (Å²) < 4.78 is 5.18. The minimum Gasteiger partial charge on any atom is -0.459 e. The van der Waals surface area contributed by atoms with E-state index < -0.39 is 11.6 Å². The van der Waals surface area contributed by atoms with Crippen molar-refractivity contribution in [3.8, 4) is 0 Å². The topological polar surface area (TPSA) is 69.4 Å². The lowest BCUT2D eigenvalue weighted by molar-refractivity contribution is -0.156. The van der Waals surface area contributed by atoms with E-state index in [1.165, 1.54) is 0 Å². The van der Waals surface area contributed by atoms with Crippen molar-refractivity contribution in [1.82, 2.24) is 0 Å². The van der Waals surface area contributed by atoms with Crippen LogP contribution in [0, 0.1) is 0 Å². The van der Waals surface area contributed by atoms with Crippen LogP contribution in [0.4, 0.5) is 0 Å². The molecule has 0 saturated carbocycles. The zero-order valence-corrected chi connectivity index (χ0v) is 11.4. The molecular formula is C13H25NO3. The minimum absolute atomic E-state index is 0.210. The van der Waals surface area contributed by atoms with Crippen LogP contribution in [-0.4, -0.2) is 23.4 Å². The molecule has 4 heteroatoms. The highest BCUT2D eigenvalue weighted by Crippen LogP contribution is 2.11. The van der Waals surface area contributed by atoms with E-state index in [1.54, 1.807) is 6.92 Å². The number of unbranched alkanes of at least 4 members (excludes halogenated alkanes) is 2. The van der Waals surface area contributed by atoms with Crippen LogP contribution in [0.25, 0.3) is 0 Å². The molecule has 4 nitrogen and oxygen atoms in total. The van der Waals surface area contributed by atoms with Gasteiger partial charge in [-0.3, -0.25) is 4.79 Å². The molecule has 0 aromatic carbocycles. The van der Waals surface area contributed by atoms with E-state index in [0.717, 1.165) is 19.3 Å². The number of hydrogen-bond acceptors (Lipinski definition) is 4. The third-order valence-corrected chi connectivity index (χ3v) is 2.25. The van der Waals surface area contributed by atoms with E-state index in [9.17, 15) is 9.59 Å². The second kappa shape index (κ2) is 7.43. The summed E-state index contributed by atoms with van der Waals surface area (Å²) in [5, 5.41) is 0. The smallest absolute Gasteiger partial charge is 0.323 e. The molecule has 0 saturated heterocycles. The van der Waals surface area contributed by atoms with Gasteiger partial charge in [0.1, 0.15) is 17.4 Å². The van der Waals surface area contributed by atoms with Gasteiger partial charge in [0.2, 0.25) is 0 Å². The molecule has 0 bridgehead atoms. The Kier molecular flexibility index (Phi) is 7.04. The number of ether oxygens (including phenoxy) is 1. The number of carbonyl (C=O) groups excluding carboxylic acids is 2. The van der Waals surface area contributed by atoms with E-state index in [4.69, 9.17) is 10.5 Å². The zero-order valence-electron chi connectivity index (χ0n) is 11.4. The number of hydrogen-bond donors (Lipinski definition) is 1. The van der Waals surface area contributed by atoms with Crippen LogP contribution in [0.2, 0.25) is 0 Å². The SMILES string of the molecule is CC(=O)CCCCCC(N)C(=O)OC(C)(C)C. The van der Waals surface area contributed by atoms with Gasteiger partial charge in [-0.25, -0.2) is 0 Å². The zero-order chi connectivity index (χ0) is 13.5. The van der Waals surface area contributed by atoms with Gasteiger partial charge in [-0.15, -0.1) is 0 Å². The molecule has 0 radical (unpaired) electrons. The molecule has 1 unspecified atom stereocenters. The van der Waals surface area contributed by atoms with E-state index in [-0.39, 0.29) is 11.8 Å². The maximum Gasteiger partial charge on any atom is 0.323 e. The summed E-state index contributed by atoms with van der Waals surface area (Å²) in [5.74, 6) is -0.134. The summed E-state index contributed by atoms with van der Waals surface area (Å²) in [4.78, 5) is 22.2. The Morgan fingerprint density at radius 3 is 2.24 bits per heavy atom. The van der Waals surface area contributed by atoms with E-state index in [1.807, 2.05) is 20.8 Å². The maximum atomic E-state index is 11.5. The molecule has 17 heavy (non-hydrogen) atoms. The van der Waals surface area contributed by atoms with Crippen LogP contribution >= 0.6 is 0 Å². The molecule has 0 aliphatic heterocycles. The molecule has 0 aliphatic carbocycles. The van der Waals surface area contributed by atoms with Gasteiger partial charge in [-0.1, -0.05) is 12.8 Å². The van der Waals surface area contributed by atoms with Gasteiger partial charge in [0.25, 0.3) is 0 Å². The molecule has 2 N–H and O–H groups in total. The monoisotopic (exact) mass is 243 g/mol. The second-order valence-corrected chi connectivity index (χ2v) is 5.44. The van der Waals surface area contributed by atoms with Crippen molar-refractivity contribution >= 4 is 11.8 Å². The Morgan fingerprint density at radius 1 is 1.18 bits per heavy atom. The van der Waals surface area contributed by atoms with Gasteiger partial charge in [-0.05, 0) is 40.5 Å². The predicted octanol–water partition coefficient (Wildman–Crippen LogP) is 2.19. The molecule has 0 fully saturated rings. The third-order valence-electron chi connectivity index (χ3n) is 2.25. The second-order valence-electron chi connectivity index (χ2n) is 5.44. The predicted molar refractivity (Wildman–Crippen MR) is 67.6 cm³/mol. The Balaban J connectivity index is 3.68. The standard InChI is InChI=1S/C13H25NO3/c1-10(15)8-6-5-7-9-11(14)12(16)17-13(2,3)4/h11H,5-9,14H2,1-4H3. The lowest BCUT2D eigenvalue weighted by atomic mass is 10.1. The van der Waals surface area contributed by atoms with Crippen LogP contribution in [0.5, 0.6) is 0 Å². The van der Waals surface area contributed by atoms with Crippen LogP contribution in [0.1, 0.15) is 59.8 Å². The molecule has 0 aromatic heterocycles. The fourth-order valence-corrected chi connectivity index (χ4v) is 1.41. The molecule has 1 atom stereocenters. The number of carbonyl (C=O) groups is 2. The largest absolute Gasteiger partial charge is 0.459 e. The lowest BCUT2D eigenvalue weighted by Gasteiger charge is -2.22. The fourth-order valence-electron chi connectivity index (χ4n) is 1.41. The number of nitrogens with two attached hydrogens (primary N) is 1. The molecule has 0 aliphatic rings. The summed E-state index contributed by atoms with van der Waals surface area (Å²) in [6.07, 6.45) is 3.88. The Bertz CT molecular complexity index is 256. The number of Topliss-reactive ketones (excluding diaryl/α,β-unsaturated/α-hetero) is 1. The molecule has 0 spiro atoms. The normalized spacial score (nSPS) is 13.2. The first-order valence-electron chi connectivity index (χ1n) is 6.20. The average molecular weight is 243 g/mol. The highest BCUT2D eigenvalue weighted by molar-refractivity contribution is 5.76. The van der Waals surface area contributed by atoms with Gasteiger partial charge < -0.3 is 15.3 Å². The highest BCUT2D eigenvalue weighted by Gasteiger charge is 2.21. The van der Waals surface area contributed by atoms with Crippen LogP contribution in [-0.2, 0) is 14.3 Å². The van der Waals surface area contributed by atoms with Gasteiger partial charge in [-0.2, -0.15) is 0 Å². The lowest BCUT2D eigenvalue weighted by Crippen LogP contribution is -2.37. The minimum atomic E-state index is -0.549. The van der Waals surface area contributed by atoms with Gasteiger partial charge >= 0.3 is 5.97 Å². The molecular weight excluding hydrogens is 218 g/mol. The molecule has 0 rings (SSSR count). The van der Waals surface area contributed by atoms with Crippen molar-refractivity contribution in [3.05, 3.63) is 0 Å². The molecule has 100 valence electrons. The van der Waals surface area contributed by atoms with Crippen LogP contribution in [0.15, 0.2) is 0 Å². The number of ketones is 1. The third kappa shape index (κ3) is 10.00. The maximum absolute atomic E-state index is 11.5. The van der Waals surface area contributed by atoms with E-state index in [2.05, 4.69) is 0 Å². The summed E-state index contributed by atoms with van der Waals surface area (Å²) in [6, 6.07) is -0.549. The number of rotatable bonds is 7. The van der Waals surface area contributed by atoms with Crippen LogP contribution < -0.4 is 5.73 Å². The Hall–Kier alpha value is -0.900. The Morgan fingerprint density at radius 2 is 1.76 bits per heavy atom. The molecule has 0 aromatic rings. The molecule has 0 heterocycles. The van der Waals surface area contributed by atoms with Crippen molar-refractivity contribution in [3.63, 3.8) is 0 Å². The summed E-state index contributed by atoms with van der Waals surface area (Å²) in [7, 11) is 0. The van der Waals surface area contributed by atoms with Crippen molar-refractivity contribution < 1.29 is 14.3 Å². The summed E-state index contributed by atoms with van der Waals surface area (Å²) >= 11 is 0. The van der Waals surface area contributed by atoms with Crippen molar-refractivity contribution in [2.75, 3.05) is 0 Å². The highest BCUT2D eigenvalue weighted by atomic mass is 16.6. The summed E-state index contributed by atoms with van der Waals surface area (Å²) in [6.45, 7) is 7.06. The molecule has 0 amide bonds. The quantitative estimate of drug-likeness (QED) is 0.549. The van der Waals surface area contributed by atoms with Gasteiger partial charge in [0.15, 0.2) is 0 Å². The first-order chi connectivity index (χ1) is 7.72. The van der Waals surface area contributed by atoms with Gasteiger partial charge in [0.05, 0.1) is 0 Å². The average Bonchev–Trinajstić information content (AvgIpc) is 2.13. The fraction of sp³-hybridized carbons (Fsp3) is 0.846. The first kappa shape index (κ1) is 16.1. The Labute approximate surface area is 104 Å². The van der Waals surface area contributed by atoms with Crippen LogP contribution in [0.3, 0.4) is 0 Å². The van der Waals surface area contributed by atoms with Crippen molar-refractivity contribution in [2.45, 2.75) is 71.4 Å².